The van der Waals surface area contributed by atoms with Gasteiger partial charge in [0.1, 0.15) is 5.75 Å². The number of halogens is 2. The third-order valence-electron chi connectivity index (χ3n) is 2.23. The number of phenols is 2. The van der Waals surface area contributed by atoms with Crippen LogP contribution in [0.4, 0.5) is 4.39 Å². The summed E-state index contributed by atoms with van der Waals surface area (Å²) >= 11 is 5.74. The topological polar surface area (TPSA) is 40.5 Å². The Kier molecular flexibility index (Phi) is 2.71. The number of aromatic hydroxyl groups is 2. The summed E-state index contributed by atoms with van der Waals surface area (Å²) in [6.45, 7) is 0. The van der Waals surface area contributed by atoms with Gasteiger partial charge < -0.3 is 10.2 Å². The van der Waals surface area contributed by atoms with Crippen molar-refractivity contribution in [3.8, 4) is 22.6 Å². The predicted octanol–water partition coefficient (Wildman–Crippen LogP) is 3.56. The molecule has 0 aromatic heterocycles. The van der Waals surface area contributed by atoms with Crippen LogP contribution in [0.25, 0.3) is 11.1 Å². The van der Waals surface area contributed by atoms with Crippen LogP contribution in [0.2, 0.25) is 5.02 Å². The van der Waals surface area contributed by atoms with Gasteiger partial charge in [0.2, 0.25) is 0 Å². The van der Waals surface area contributed by atoms with Gasteiger partial charge in [0.25, 0.3) is 0 Å². The van der Waals surface area contributed by atoms with Crippen molar-refractivity contribution in [2.75, 3.05) is 0 Å². The quantitative estimate of drug-likeness (QED) is 0.798. The van der Waals surface area contributed by atoms with Crippen LogP contribution < -0.4 is 0 Å². The van der Waals surface area contributed by atoms with Gasteiger partial charge in [-0.3, -0.25) is 0 Å². The average Bonchev–Trinajstić information content (AvgIpc) is 2.26. The smallest absolute Gasteiger partial charge is 0.165 e. The molecule has 0 amide bonds. The first-order chi connectivity index (χ1) is 7.58. The van der Waals surface area contributed by atoms with Crippen LogP contribution in [0.3, 0.4) is 0 Å². The van der Waals surface area contributed by atoms with Crippen molar-refractivity contribution in [1.29, 1.82) is 0 Å². The predicted molar refractivity (Wildman–Crippen MR) is 60.2 cm³/mol. The summed E-state index contributed by atoms with van der Waals surface area (Å²) in [4.78, 5) is 0. The Hall–Kier alpha value is -1.74. The summed E-state index contributed by atoms with van der Waals surface area (Å²) in [7, 11) is 0. The van der Waals surface area contributed by atoms with E-state index in [4.69, 9.17) is 16.7 Å². The van der Waals surface area contributed by atoms with Crippen molar-refractivity contribution in [3.05, 3.63) is 47.2 Å². The van der Waals surface area contributed by atoms with E-state index in [1.165, 1.54) is 24.3 Å². The Balaban J connectivity index is 2.50. The molecule has 2 aromatic carbocycles. The SMILES string of the molecule is Oc1ccc(-c2ccc(O)c(Cl)c2)cc1F. The number of hydrogen-bond acceptors (Lipinski definition) is 2. The molecular formula is C12H8ClFO2. The summed E-state index contributed by atoms with van der Waals surface area (Å²) < 4.78 is 13.1. The zero-order valence-electron chi connectivity index (χ0n) is 8.11. The minimum absolute atomic E-state index is 0.0235. The van der Waals surface area contributed by atoms with E-state index in [9.17, 15) is 9.50 Å². The van der Waals surface area contributed by atoms with Gasteiger partial charge in [-0.05, 0) is 35.4 Å². The highest BCUT2D eigenvalue weighted by molar-refractivity contribution is 6.32. The van der Waals surface area contributed by atoms with Crippen LogP contribution in [-0.4, -0.2) is 10.2 Å². The van der Waals surface area contributed by atoms with Gasteiger partial charge in [-0.2, -0.15) is 0 Å². The molecule has 82 valence electrons. The lowest BCUT2D eigenvalue weighted by Crippen LogP contribution is -1.81. The second kappa shape index (κ2) is 4.02. The fourth-order valence-corrected chi connectivity index (χ4v) is 1.55. The fourth-order valence-electron chi connectivity index (χ4n) is 1.37. The second-order valence-corrected chi connectivity index (χ2v) is 3.74. The molecule has 2 N–H and O–H groups in total. The van der Waals surface area contributed by atoms with E-state index in [-0.39, 0.29) is 10.8 Å². The van der Waals surface area contributed by atoms with Gasteiger partial charge in [-0.15, -0.1) is 0 Å². The molecule has 2 nitrogen and oxygen atoms in total. The van der Waals surface area contributed by atoms with Crippen molar-refractivity contribution in [2.45, 2.75) is 0 Å². The van der Waals surface area contributed by atoms with Crippen molar-refractivity contribution >= 4 is 11.6 Å². The van der Waals surface area contributed by atoms with Gasteiger partial charge in [0.05, 0.1) is 5.02 Å². The third-order valence-corrected chi connectivity index (χ3v) is 2.53. The van der Waals surface area contributed by atoms with E-state index in [0.717, 1.165) is 0 Å². The molecule has 0 radical (unpaired) electrons. The highest BCUT2D eigenvalue weighted by Crippen LogP contribution is 2.30. The molecule has 0 saturated heterocycles. The molecule has 4 heteroatoms. The Morgan fingerprint density at radius 3 is 2.00 bits per heavy atom. The molecule has 0 aliphatic carbocycles. The van der Waals surface area contributed by atoms with Gasteiger partial charge in [-0.25, -0.2) is 4.39 Å². The van der Waals surface area contributed by atoms with Crippen LogP contribution >= 0.6 is 11.6 Å². The third kappa shape index (κ3) is 1.95. The normalized spacial score (nSPS) is 10.4. The fraction of sp³-hybridized carbons (Fsp3) is 0. The zero-order valence-corrected chi connectivity index (χ0v) is 8.87. The Labute approximate surface area is 96.5 Å². The minimum atomic E-state index is -0.693. The molecule has 0 fully saturated rings. The maximum atomic E-state index is 13.1. The molecule has 2 rings (SSSR count). The van der Waals surface area contributed by atoms with Crippen molar-refractivity contribution in [2.24, 2.45) is 0 Å². The number of benzene rings is 2. The first-order valence-electron chi connectivity index (χ1n) is 4.55. The lowest BCUT2D eigenvalue weighted by atomic mass is 10.1. The number of rotatable bonds is 1. The molecular weight excluding hydrogens is 231 g/mol. The molecule has 0 heterocycles. The largest absolute Gasteiger partial charge is 0.506 e. The first kappa shape index (κ1) is 10.8. The molecule has 0 atom stereocenters. The van der Waals surface area contributed by atoms with Crippen molar-refractivity contribution in [1.82, 2.24) is 0 Å². The van der Waals surface area contributed by atoms with E-state index < -0.39 is 11.6 Å². The molecule has 0 unspecified atom stereocenters. The highest BCUT2D eigenvalue weighted by atomic mass is 35.5. The van der Waals surface area contributed by atoms with Gasteiger partial charge in [0.15, 0.2) is 11.6 Å². The first-order valence-corrected chi connectivity index (χ1v) is 4.93. The molecule has 0 aliphatic rings. The highest BCUT2D eigenvalue weighted by Gasteiger charge is 2.05. The lowest BCUT2D eigenvalue weighted by molar-refractivity contribution is 0.432. The lowest BCUT2D eigenvalue weighted by Gasteiger charge is -2.04. The zero-order chi connectivity index (χ0) is 11.7. The standard InChI is InChI=1S/C12H8ClFO2/c13-9-5-7(1-3-11(9)15)8-2-4-12(16)10(14)6-8/h1-6,15-16H. The van der Waals surface area contributed by atoms with E-state index in [0.29, 0.717) is 11.1 Å². The molecule has 16 heavy (non-hydrogen) atoms. The second-order valence-electron chi connectivity index (χ2n) is 3.33. The van der Waals surface area contributed by atoms with Crippen LogP contribution in [0.15, 0.2) is 36.4 Å². The summed E-state index contributed by atoms with van der Waals surface area (Å²) in [6, 6.07) is 8.63. The summed E-state index contributed by atoms with van der Waals surface area (Å²) in [5.74, 6) is -1.11. The van der Waals surface area contributed by atoms with Crippen molar-refractivity contribution in [3.63, 3.8) is 0 Å². The molecule has 0 spiro atoms. The number of hydrogen-bond donors (Lipinski definition) is 2. The molecule has 0 bridgehead atoms. The molecule has 2 aromatic rings. The minimum Gasteiger partial charge on any atom is -0.506 e. The van der Waals surface area contributed by atoms with E-state index in [1.54, 1.807) is 12.1 Å². The van der Waals surface area contributed by atoms with Gasteiger partial charge in [-0.1, -0.05) is 23.7 Å². The number of phenolic OH excluding ortho intramolecular Hbond substituents is 2. The Morgan fingerprint density at radius 1 is 0.875 bits per heavy atom. The monoisotopic (exact) mass is 238 g/mol. The maximum absolute atomic E-state index is 13.1. The van der Waals surface area contributed by atoms with E-state index in [2.05, 4.69) is 0 Å². The van der Waals surface area contributed by atoms with Crippen LogP contribution in [0.5, 0.6) is 11.5 Å². The van der Waals surface area contributed by atoms with Crippen molar-refractivity contribution < 1.29 is 14.6 Å². The van der Waals surface area contributed by atoms with Gasteiger partial charge in [0, 0.05) is 0 Å². The summed E-state index contributed by atoms with van der Waals surface area (Å²) in [6.07, 6.45) is 0. The van der Waals surface area contributed by atoms with Crippen LogP contribution in [0.1, 0.15) is 0 Å². The summed E-state index contributed by atoms with van der Waals surface area (Å²) in [5.41, 5.74) is 1.25. The van der Waals surface area contributed by atoms with E-state index in [1.807, 2.05) is 0 Å². The van der Waals surface area contributed by atoms with Crippen LogP contribution in [0, 0.1) is 5.82 Å². The Morgan fingerprint density at radius 2 is 1.44 bits per heavy atom. The average molecular weight is 239 g/mol. The van der Waals surface area contributed by atoms with E-state index >= 15 is 0 Å². The molecule has 0 saturated carbocycles. The Bertz CT molecular complexity index is 491. The maximum Gasteiger partial charge on any atom is 0.165 e. The van der Waals surface area contributed by atoms with Crippen LogP contribution in [-0.2, 0) is 0 Å². The molecule has 0 aliphatic heterocycles. The van der Waals surface area contributed by atoms with Gasteiger partial charge >= 0.3 is 0 Å². The summed E-state index contributed by atoms with van der Waals surface area (Å²) in [5, 5.41) is 18.5.